The van der Waals surface area contributed by atoms with Crippen molar-refractivity contribution in [2.45, 2.75) is 19.4 Å². The third-order valence-corrected chi connectivity index (χ3v) is 3.59. The van der Waals surface area contributed by atoms with Crippen LogP contribution in [0.2, 0.25) is 0 Å². The average Bonchev–Trinajstić information content (AvgIpc) is 2.50. The summed E-state index contributed by atoms with van der Waals surface area (Å²) in [6.07, 6.45) is 4.37. The van der Waals surface area contributed by atoms with Gasteiger partial charge in [0.15, 0.2) is 0 Å². The van der Waals surface area contributed by atoms with Crippen molar-refractivity contribution in [3.05, 3.63) is 65.5 Å². The topological polar surface area (TPSA) is 45.2 Å². The molecule has 1 N–H and O–H groups in total. The third kappa shape index (κ3) is 4.40. The number of benzene rings is 1. The molecule has 0 aliphatic heterocycles. The maximum Gasteiger partial charge on any atom is 0.241 e. The summed E-state index contributed by atoms with van der Waals surface area (Å²) in [5, 5.41) is 3.02. The standard InChI is InChI=1S/C18H23N3O/c1-14-6-8-16(9-7-14)17(21(2)3)18(22)20-12-10-15-5-4-11-19-13-15/h4-9,11,13,17H,10,12H2,1-3H3,(H,20,22)/t17-/m1/s1. The predicted octanol–water partition coefficient (Wildman–Crippen LogP) is 2.35. The molecule has 0 radical (unpaired) electrons. The van der Waals surface area contributed by atoms with E-state index in [9.17, 15) is 4.79 Å². The number of nitrogens with zero attached hydrogens (tertiary/aromatic N) is 2. The van der Waals surface area contributed by atoms with E-state index in [2.05, 4.69) is 10.3 Å². The highest BCUT2D eigenvalue weighted by atomic mass is 16.2. The second-order valence-corrected chi connectivity index (χ2v) is 5.68. The second-order valence-electron chi connectivity index (χ2n) is 5.68. The van der Waals surface area contributed by atoms with Crippen molar-refractivity contribution in [3.63, 3.8) is 0 Å². The molecule has 0 spiro atoms. The number of amides is 1. The van der Waals surface area contributed by atoms with Gasteiger partial charge in [-0.1, -0.05) is 35.9 Å². The zero-order valence-corrected chi connectivity index (χ0v) is 13.4. The monoisotopic (exact) mass is 297 g/mol. The van der Waals surface area contributed by atoms with Crippen LogP contribution in [-0.4, -0.2) is 36.4 Å². The quantitative estimate of drug-likeness (QED) is 0.890. The molecule has 0 bridgehead atoms. The minimum Gasteiger partial charge on any atom is -0.354 e. The van der Waals surface area contributed by atoms with Crippen LogP contribution in [0.3, 0.4) is 0 Å². The normalized spacial score (nSPS) is 12.2. The fraction of sp³-hybridized carbons (Fsp3) is 0.333. The Bertz CT molecular complexity index is 593. The summed E-state index contributed by atoms with van der Waals surface area (Å²) in [6.45, 7) is 2.66. The molecule has 2 aromatic rings. The Morgan fingerprint density at radius 3 is 2.55 bits per heavy atom. The van der Waals surface area contributed by atoms with Crippen LogP contribution in [0.4, 0.5) is 0 Å². The third-order valence-electron chi connectivity index (χ3n) is 3.59. The summed E-state index contributed by atoms with van der Waals surface area (Å²) in [5.74, 6) is 0.0257. The largest absolute Gasteiger partial charge is 0.354 e. The molecule has 0 aliphatic rings. The van der Waals surface area contributed by atoms with Crippen LogP contribution in [0.15, 0.2) is 48.8 Å². The van der Waals surface area contributed by atoms with Crippen LogP contribution in [0.1, 0.15) is 22.7 Å². The maximum absolute atomic E-state index is 12.5. The number of pyridine rings is 1. The molecule has 4 nitrogen and oxygen atoms in total. The van der Waals surface area contributed by atoms with Crippen LogP contribution in [0.25, 0.3) is 0 Å². The summed E-state index contributed by atoms with van der Waals surface area (Å²) in [7, 11) is 3.84. The molecule has 1 amide bonds. The molecule has 1 aromatic carbocycles. The maximum atomic E-state index is 12.5. The van der Waals surface area contributed by atoms with Crippen molar-refractivity contribution >= 4 is 5.91 Å². The number of carbonyl (C=O) groups excluding carboxylic acids is 1. The molecule has 2 rings (SSSR count). The molecule has 22 heavy (non-hydrogen) atoms. The second kappa shape index (κ2) is 7.71. The molecular formula is C18H23N3O. The van der Waals surface area contributed by atoms with Gasteiger partial charge in [-0.2, -0.15) is 0 Å². The lowest BCUT2D eigenvalue weighted by molar-refractivity contribution is -0.125. The number of aromatic nitrogens is 1. The molecule has 0 saturated heterocycles. The fourth-order valence-electron chi connectivity index (χ4n) is 2.41. The Balaban J connectivity index is 1.97. The van der Waals surface area contributed by atoms with Gasteiger partial charge in [-0.05, 0) is 44.6 Å². The molecule has 0 unspecified atom stereocenters. The lowest BCUT2D eigenvalue weighted by Crippen LogP contribution is -2.37. The summed E-state index contributed by atoms with van der Waals surface area (Å²) >= 11 is 0. The summed E-state index contributed by atoms with van der Waals surface area (Å²) in [6, 6.07) is 11.8. The molecule has 116 valence electrons. The minimum absolute atomic E-state index is 0.0257. The first-order valence-electron chi connectivity index (χ1n) is 7.47. The van der Waals surface area contributed by atoms with Gasteiger partial charge < -0.3 is 5.32 Å². The molecule has 0 aliphatic carbocycles. The smallest absolute Gasteiger partial charge is 0.241 e. The Morgan fingerprint density at radius 2 is 1.95 bits per heavy atom. The van der Waals surface area contributed by atoms with E-state index in [-0.39, 0.29) is 11.9 Å². The average molecular weight is 297 g/mol. The van der Waals surface area contributed by atoms with Gasteiger partial charge in [0.1, 0.15) is 6.04 Å². The summed E-state index contributed by atoms with van der Waals surface area (Å²) in [4.78, 5) is 18.5. The minimum atomic E-state index is -0.269. The van der Waals surface area contributed by atoms with E-state index in [0.29, 0.717) is 6.54 Å². The van der Waals surface area contributed by atoms with Crippen LogP contribution in [0.5, 0.6) is 0 Å². The number of hydrogen-bond donors (Lipinski definition) is 1. The van der Waals surface area contributed by atoms with Crippen molar-refractivity contribution in [1.82, 2.24) is 15.2 Å². The van der Waals surface area contributed by atoms with Crippen molar-refractivity contribution in [2.75, 3.05) is 20.6 Å². The number of hydrogen-bond acceptors (Lipinski definition) is 3. The van der Waals surface area contributed by atoms with Crippen molar-refractivity contribution in [1.29, 1.82) is 0 Å². The SMILES string of the molecule is Cc1ccc([C@H](C(=O)NCCc2cccnc2)N(C)C)cc1. The van der Waals surface area contributed by atoms with E-state index in [1.165, 1.54) is 5.56 Å². The number of likely N-dealkylation sites (N-methyl/N-ethyl adjacent to an activating group) is 1. The first kappa shape index (κ1) is 16.2. The number of carbonyl (C=O) groups is 1. The van der Waals surface area contributed by atoms with Crippen LogP contribution < -0.4 is 5.32 Å². The summed E-state index contributed by atoms with van der Waals surface area (Å²) < 4.78 is 0. The highest BCUT2D eigenvalue weighted by Crippen LogP contribution is 2.18. The predicted molar refractivity (Wildman–Crippen MR) is 88.6 cm³/mol. The number of nitrogens with one attached hydrogen (secondary N) is 1. The Hall–Kier alpha value is -2.20. The molecule has 4 heteroatoms. The van der Waals surface area contributed by atoms with Crippen molar-refractivity contribution < 1.29 is 4.79 Å². The fourth-order valence-corrected chi connectivity index (χ4v) is 2.41. The Kier molecular flexibility index (Phi) is 5.67. The lowest BCUT2D eigenvalue weighted by atomic mass is 10.0. The zero-order chi connectivity index (χ0) is 15.9. The van der Waals surface area contributed by atoms with Crippen LogP contribution >= 0.6 is 0 Å². The van der Waals surface area contributed by atoms with E-state index >= 15 is 0 Å². The van der Waals surface area contributed by atoms with Crippen molar-refractivity contribution in [3.8, 4) is 0 Å². The number of aryl methyl sites for hydroxylation is 1. The van der Waals surface area contributed by atoms with Gasteiger partial charge >= 0.3 is 0 Å². The number of rotatable bonds is 6. The highest BCUT2D eigenvalue weighted by molar-refractivity contribution is 5.83. The highest BCUT2D eigenvalue weighted by Gasteiger charge is 2.22. The van der Waals surface area contributed by atoms with Gasteiger partial charge in [-0.15, -0.1) is 0 Å². The first-order chi connectivity index (χ1) is 10.6. The zero-order valence-electron chi connectivity index (χ0n) is 13.4. The lowest BCUT2D eigenvalue weighted by Gasteiger charge is -2.24. The van der Waals surface area contributed by atoms with E-state index in [0.717, 1.165) is 17.5 Å². The molecule has 0 fully saturated rings. The van der Waals surface area contributed by atoms with Gasteiger partial charge in [-0.25, -0.2) is 0 Å². The molecule has 0 saturated carbocycles. The van der Waals surface area contributed by atoms with E-state index in [1.807, 2.05) is 68.5 Å². The van der Waals surface area contributed by atoms with Gasteiger partial charge in [0.2, 0.25) is 5.91 Å². The molecule has 1 heterocycles. The van der Waals surface area contributed by atoms with Crippen molar-refractivity contribution in [2.24, 2.45) is 0 Å². The summed E-state index contributed by atoms with van der Waals surface area (Å²) in [5.41, 5.74) is 3.33. The van der Waals surface area contributed by atoms with Gasteiger partial charge in [0.25, 0.3) is 0 Å². The molecular weight excluding hydrogens is 274 g/mol. The van der Waals surface area contributed by atoms with Gasteiger partial charge in [0.05, 0.1) is 0 Å². The van der Waals surface area contributed by atoms with E-state index in [4.69, 9.17) is 0 Å². The van der Waals surface area contributed by atoms with Crippen LogP contribution in [-0.2, 0) is 11.2 Å². The van der Waals surface area contributed by atoms with Gasteiger partial charge in [0, 0.05) is 18.9 Å². The van der Waals surface area contributed by atoms with E-state index in [1.54, 1.807) is 6.20 Å². The Morgan fingerprint density at radius 1 is 1.23 bits per heavy atom. The first-order valence-corrected chi connectivity index (χ1v) is 7.47. The van der Waals surface area contributed by atoms with E-state index < -0.39 is 0 Å². The Labute approximate surface area is 132 Å². The van der Waals surface area contributed by atoms with Crippen LogP contribution in [0, 0.1) is 6.92 Å². The van der Waals surface area contributed by atoms with Gasteiger partial charge in [-0.3, -0.25) is 14.7 Å². The molecule has 1 aromatic heterocycles. The molecule has 1 atom stereocenters.